The fourth-order valence-electron chi connectivity index (χ4n) is 3.38. The Hall–Kier alpha value is -3.58. The number of hydrogen-bond donors (Lipinski definition) is 1. The zero-order valence-corrected chi connectivity index (χ0v) is 16.8. The predicted octanol–water partition coefficient (Wildman–Crippen LogP) is 4.53. The normalized spacial score (nSPS) is 18.0. The van der Waals surface area contributed by atoms with Crippen molar-refractivity contribution in [3.8, 4) is 5.75 Å². The van der Waals surface area contributed by atoms with Crippen LogP contribution in [0.25, 0.3) is 5.76 Å². The van der Waals surface area contributed by atoms with Crippen molar-refractivity contribution in [3.05, 3.63) is 94.6 Å². The summed E-state index contributed by atoms with van der Waals surface area (Å²) in [4.78, 5) is 27.9. The van der Waals surface area contributed by atoms with Crippen molar-refractivity contribution in [1.29, 1.82) is 0 Å². The van der Waals surface area contributed by atoms with Crippen LogP contribution < -0.4 is 4.74 Å². The molecule has 0 spiro atoms. The van der Waals surface area contributed by atoms with Crippen molar-refractivity contribution in [2.24, 2.45) is 0 Å². The Labute approximate surface area is 177 Å². The number of benzene rings is 1. The van der Waals surface area contributed by atoms with Crippen LogP contribution in [0.5, 0.6) is 5.75 Å². The number of amides is 1. The Morgan fingerprint density at radius 1 is 1.20 bits per heavy atom. The van der Waals surface area contributed by atoms with Gasteiger partial charge in [0.2, 0.25) is 0 Å². The third-order valence-corrected chi connectivity index (χ3v) is 5.68. The van der Waals surface area contributed by atoms with Crippen LogP contribution in [0.2, 0.25) is 0 Å². The van der Waals surface area contributed by atoms with E-state index in [0.717, 1.165) is 4.88 Å². The molecule has 152 valence electrons. The number of Topliss-reactive ketones (excluding diaryl/α,β-unsaturated/α-hetero) is 1. The number of ether oxygens (including phenoxy) is 1. The molecule has 1 aliphatic heterocycles. The van der Waals surface area contributed by atoms with Crippen molar-refractivity contribution in [3.63, 3.8) is 0 Å². The van der Waals surface area contributed by atoms with Gasteiger partial charge in [-0.2, -0.15) is 0 Å². The highest BCUT2D eigenvalue weighted by Crippen LogP contribution is 2.42. The molecular formula is C23H19NO5S. The quantitative estimate of drug-likeness (QED) is 0.262. The third-order valence-electron chi connectivity index (χ3n) is 4.75. The van der Waals surface area contributed by atoms with Crippen LogP contribution in [0.3, 0.4) is 0 Å². The summed E-state index contributed by atoms with van der Waals surface area (Å²) < 4.78 is 10.8. The molecule has 0 saturated carbocycles. The third kappa shape index (κ3) is 3.67. The topological polar surface area (TPSA) is 80.0 Å². The standard InChI is InChI=1S/C23H19NO5S/c1-2-11-28-16-9-7-15(8-10-16)21(25)19-20(18-6-4-13-30-18)24(23(27)22(19)26)14-17-5-3-12-29-17/h2-10,12-13,20,25H,1,11,14H2/b21-19+. The molecule has 2 aromatic heterocycles. The lowest BCUT2D eigenvalue weighted by molar-refractivity contribution is -0.140. The van der Waals surface area contributed by atoms with E-state index in [-0.39, 0.29) is 17.9 Å². The Kier molecular flexibility index (Phi) is 5.54. The molecule has 1 saturated heterocycles. The van der Waals surface area contributed by atoms with E-state index in [1.807, 2.05) is 17.5 Å². The van der Waals surface area contributed by atoms with E-state index in [1.54, 1.807) is 42.5 Å². The summed E-state index contributed by atoms with van der Waals surface area (Å²) in [5.74, 6) is -0.438. The number of nitrogens with zero attached hydrogens (tertiary/aromatic N) is 1. The second-order valence-electron chi connectivity index (χ2n) is 6.65. The summed E-state index contributed by atoms with van der Waals surface area (Å²) in [6.07, 6.45) is 3.15. The van der Waals surface area contributed by atoms with E-state index in [9.17, 15) is 14.7 Å². The number of carbonyl (C=O) groups is 2. The van der Waals surface area contributed by atoms with Crippen LogP contribution in [0.15, 0.2) is 82.8 Å². The monoisotopic (exact) mass is 421 g/mol. The highest BCUT2D eigenvalue weighted by molar-refractivity contribution is 7.10. The van der Waals surface area contributed by atoms with Crippen molar-refractivity contribution < 1.29 is 23.8 Å². The molecule has 1 aliphatic rings. The molecule has 4 rings (SSSR count). The lowest BCUT2D eigenvalue weighted by atomic mass is 10.00. The van der Waals surface area contributed by atoms with Gasteiger partial charge in [-0.3, -0.25) is 9.59 Å². The minimum Gasteiger partial charge on any atom is -0.507 e. The smallest absolute Gasteiger partial charge is 0.296 e. The number of aliphatic hydroxyl groups excluding tert-OH is 1. The molecule has 1 fully saturated rings. The lowest BCUT2D eigenvalue weighted by Gasteiger charge is -2.23. The summed E-state index contributed by atoms with van der Waals surface area (Å²) in [5.41, 5.74) is 0.493. The maximum absolute atomic E-state index is 12.9. The predicted molar refractivity (Wildman–Crippen MR) is 113 cm³/mol. The van der Waals surface area contributed by atoms with E-state index >= 15 is 0 Å². The van der Waals surface area contributed by atoms with Gasteiger partial charge in [-0.05, 0) is 47.8 Å². The Morgan fingerprint density at radius 2 is 2.00 bits per heavy atom. The van der Waals surface area contributed by atoms with E-state index in [0.29, 0.717) is 23.7 Å². The highest BCUT2D eigenvalue weighted by atomic mass is 32.1. The average molecular weight is 421 g/mol. The van der Waals surface area contributed by atoms with Gasteiger partial charge in [0.15, 0.2) is 0 Å². The van der Waals surface area contributed by atoms with Gasteiger partial charge < -0.3 is 19.2 Å². The Bertz CT molecular complexity index is 1080. The molecule has 0 aliphatic carbocycles. The van der Waals surface area contributed by atoms with Gasteiger partial charge in [0, 0.05) is 10.4 Å². The van der Waals surface area contributed by atoms with E-state index < -0.39 is 17.7 Å². The lowest BCUT2D eigenvalue weighted by Crippen LogP contribution is -2.28. The number of furan rings is 1. The molecule has 1 N–H and O–H groups in total. The zero-order valence-electron chi connectivity index (χ0n) is 16.0. The Morgan fingerprint density at radius 3 is 2.63 bits per heavy atom. The molecule has 7 heteroatoms. The van der Waals surface area contributed by atoms with Crippen LogP contribution in [-0.4, -0.2) is 28.3 Å². The number of carbonyl (C=O) groups excluding carboxylic acids is 2. The second-order valence-corrected chi connectivity index (χ2v) is 7.63. The molecular weight excluding hydrogens is 402 g/mol. The molecule has 1 unspecified atom stereocenters. The van der Waals surface area contributed by atoms with Gasteiger partial charge in [0.1, 0.15) is 29.9 Å². The number of aliphatic hydroxyl groups is 1. The molecule has 0 radical (unpaired) electrons. The van der Waals surface area contributed by atoms with Crippen LogP contribution in [0.1, 0.15) is 22.2 Å². The summed E-state index contributed by atoms with van der Waals surface area (Å²) in [5, 5.41) is 12.9. The molecule has 1 aromatic carbocycles. The van der Waals surface area contributed by atoms with Crippen molar-refractivity contribution in [2.75, 3.05) is 6.61 Å². The highest BCUT2D eigenvalue weighted by Gasteiger charge is 2.46. The van der Waals surface area contributed by atoms with Crippen molar-refractivity contribution in [1.82, 2.24) is 4.90 Å². The summed E-state index contributed by atoms with van der Waals surface area (Å²) >= 11 is 1.42. The first-order chi connectivity index (χ1) is 14.6. The summed E-state index contributed by atoms with van der Waals surface area (Å²) in [6, 6.07) is 13.2. The van der Waals surface area contributed by atoms with E-state index in [1.165, 1.54) is 22.5 Å². The molecule has 3 aromatic rings. The summed E-state index contributed by atoms with van der Waals surface area (Å²) in [7, 11) is 0. The zero-order chi connectivity index (χ0) is 21.1. The van der Waals surface area contributed by atoms with Gasteiger partial charge in [0.05, 0.1) is 18.4 Å². The number of rotatable bonds is 7. The maximum atomic E-state index is 12.9. The van der Waals surface area contributed by atoms with Crippen LogP contribution in [0.4, 0.5) is 0 Å². The fourth-order valence-corrected chi connectivity index (χ4v) is 4.22. The van der Waals surface area contributed by atoms with Crippen LogP contribution >= 0.6 is 11.3 Å². The van der Waals surface area contributed by atoms with Crippen molar-refractivity contribution in [2.45, 2.75) is 12.6 Å². The second kappa shape index (κ2) is 8.42. The van der Waals surface area contributed by atoms with Crippen molar-refractivity contribution >= 4 is 28.8 Å². The van der Waals surface area contributed by atoms with E-state index in [2.05, 4.69) is 6.58 Å². The average Bonchev–Trinajstić information content (AvgIpc) is 3.51. The number of likely N-dealkylation sites (tertiary alicyclic amines) is 1. The number of thiophene rings is 1. The minimum atomic E-state index is -0.718. The van der Waals surface area contributed by atoms with Crippen LogP contribution in [0, 0.1) is 0 Å². The molecule has 0 bridgehead atoms. The van der Waals surface area contributed by atoms with E-state index in [4.69, 9.17) is 9.15 Å². The van der Waals surface area contributed by atoms with Gasteiger partial charge in [-0.25, -0.2) is 0 Å². The summed E-state index contributed by atoms with van der Waals surface area (Å²) in [6.45, 7) is 4.10. The number of hydrogen-bond acceptors (Lipinski definition) is 6. The largest absolute Gasteiger partial charge is 0.507 e. The first kappa shape index (κ1) is 19.7. The van der Waals surface area contributed by atoms with Crippen LogP contribution in [-0.2, 0) is 16.1 Å². The molecule has 1 amide bonds. The minimum absolute atomic E-state index is 0.0637. The molecule has 6 nitrogen and oxygen atoms in total. The number of ketones is 1. The maximum Gasteiger partial charge on any atom is 0.296 e. The molecule has 1 atom stereocenters. The molecule has 30 heavy (non-hydrogen) atoms. The first-order valence-corrected chi connectivity index (χ1v) is 10.2. The van der Waals surface area contributed by atoms with Gasteiger partial charge in [0.25, 0.3) is 11.7 Å². The van der Waals surface area contributed by atoms with Gasteiger partial charge in [-0.15, -0.1) is 11.3 Å². The molecule has 3 heterocycles. The van der Waals surface area contributed by atoms with Gasteiger partial charge >= 0.3 is 0 Å². The SMILES string of the molecule is C=CCOc1ccc(/C(O)=C2\C(=O)C(=O)N(Cc3ccco3)C2c2cccs2)cc1. The first-order valence-electron chi connectivity index (χ1n) is 9.28. The Balaban J connectivity index is 1.75. The fraction of sp³-hybridized carbons (Fsp3) is 0.130. The van der Waals surface area contributed by atoms with Gasteiger partial charge in [-0.1, -0.05) is 18.7 Å².